The van der Waals surface area contributed by atoms with Gasteiger partial charge in [-0.3, -0.25) is 9.55 Å². The van der Waals surface area contributed by atoms with Gasteiger partial charge in [0.2, 0.25) is 5.92 Å². The van der Waals surface area contributed by atoms with Crippen LogP contribution in [0.5, 0.6) is 0 Å². The molecule has 2 aliphatic rings. The third-order valence-electron chi connectivity index (χ3n) is 6.19. The fraction of sp³-hybridized carbons (Fsp3) is 0.391. The highest BCUT2D eigenvalue weighted by Crippen LogP contribution is 2.44. The molecule has 1 aromatic carbocycles. The third kappa shape index (κ3) is 3.73. The molecule has 4 nitrogen and oxygen atoms in total. The summed E-state index contributed by atoms with van der Waals surface area (Å²) in [7, 11) is 0. The summed E-state index contributed by atoms with van der Waals surface area (Å²) in [5.74, 6) is -4.02. The highest BCUT2D eigenvalue weighted by Gasteiger charge is 2.37. The van der Waals surface area contributed by atoms with Gasteiger partial charge in [0.15, 0.2) is 0 Å². The second-order valence-electron chi connectivity index (χ2n) is 8.16. The molecule has 0 radical (unpaired) electrons. The van der Waals surface area contributed by atoms with E-state index in [2.05, 4.69) is 9.97 Å². The standard InChI is InChI=1S/C23H21F4N3O/c24-15-1-2-18(25)17(11-15)16-5-9-28-21(14-3-7-23(26,27)8-4-14)22(16)30-13-29-19-6-10-31-12-20(19)30/h1-2,5,9,11,13-14H,3-4,6-8,10,12H2. The van der Waals surface area contributed by atoms with Crippen LogP contribution in [0.25, 0.3) is 16.8 Å². The van der Waals surface area contributed by atoms with Gasteiger partial charge in [-0.15, -0.1) is 0 Å². The second-order valence-corrected chi connectivity index (χ2v) is 8.16. The molecule has 8 heteroatoms. The van der Waals surface area contributed by atoms with Gasteiger partial charge in [0, 0.05) is 42.5 Å². The van der Waals surface area contributed by atoms with Gasteiger partial charge >= 0.3 is 0 Å². The molecule has 1 fully saturated rings. The Bertz CT molecular complexity index is 1120. The number of hydrogen-bond acceptors (Lipinski definition) is 3. The first-order chi connectivity index (χ1) is 14.9. The summed E-state index contributed by atoms with van der Waals surface area (Å²) in [5, 5.41) is 0. The van der Waals surface area contributed by atoms with Crippen LogP contribution in [-0.4, -0.2) is 27.1 Å². The predicted octanol–water partition coefficient (Wildman–Crippen LogP) is 5.58. The lowest BCUT2D eigenvalue weighted by Gasteiger charge is -2.30. The molecule has 0 unspecified atom stereocenters. The fourth-order valence-electron chi connectivity index (χ4n) is 4.56. The minimum Gasteiger partial charge on any atom is -0.375 e. The molecule has 0 saturated heterocycles. The predicted molar refractivity (Wildman–Crippen MR) is 106 cm³/mol. The Labute approximate surface area is 176 Å². The molecule has 0 spiro atoms. The Morgan fingerprint density at radius 1 is 1.03 bits per heavy atom. The fourth-order valence-corrected chi connectivity index (χ4v) is 4.56. The van der Waals surface area contributed by atoms with Crippen molar-refractivity contribution in [3.63, 3.8) is 0 Å². The van der Waals surface area contributed by atoms with Crippen LogP contribution in [0, 0.1) is 11.6 Å². The zero-order valence-corrected chi connectivity index (χ0v) is 16.8. The van der Waals surface area contributed by atoms with E-state index in [-0.39, 0.29) is 37.2 Å². The normalized spacial score (nSPS) is 18.7. The number of pyridine rings is 1. The number of ether oxygens (including phenoxy) is 1. The molecule has 1 saturated carbocycles. The van der Waals surface area contributed by atoms with Crippen molar-refractivity contribution in [3.8, 4) is 16.8 Å². The number of halogens is 4. The maximum absolute atomic E-state index is 14.8. The van der Waals surface area contributed by atoms with Crippen molar-refractivity contribution < 1.29 is 22.3 Å². The number of nitrogens with zero attached hydrogens (tertiary/aromatic N) is 3. The van der Waals surface area contributed by atoms with Gasteiger partial charge in [-0.05, 0) is 37.1 Å². The van der Waals surface area contributed by atoms with E-state index < -0.39 is 17.6 Å². The molecular formula is C23H21F4N3O. The lowest BCUT2D eigenvalue weighted by molar-refractivity contribution is -0.0384. The number of fused-ring (bicyclic) bond motifs is 1. The number of aromatic nitrogens is 3. The van der Waals surface area contributed by atoms with Crippen molar-refractivity contribution in [1.82, 2.24) is 14.5 Å². The van der Waals surface area contributed by atoms with Crippen LogP contribution in [-0.2, 0) is 17.8 Å². The first-order valence-corrected chi connectivity index (χ1v) is 10.4. The van der Waals surface area contributed by atoms with Gasteiger partial charge in [-0.2, -0.15) is 0 Å². The van der Waals surface area contributed by atoms with Crippen LogP contribution in [0.1, 0.15) is 48.7 Å². The highest BCUT2D eigenvalue weighted by molar-refractivity contribution is 5.75. The first-order valence-electron chi connectivity index (χ1n) is 10.4. The molecule has 0 atom stereocenters. The largest absolute Gasteiger partial charge is 0.375 e. The highest BCUT2D eigenvalue weighted by atomic mass is 19.3. The summed E-state index contributed by atoms with van der Waals surface area (Å²) >= 11 is 0. The monoisotopic (exact) mass is 431 g/mol. The Kier molecular flexibility index (Phi) is 5.04. The van der Waals surface area contributed by atoms with Crippen LogP contribution < -0.4 is 0 Å². The van der Waals surface area contributed by atoms with Crippen molar-refractivity contribution in [2.75, 3.05) is 6.61 Å². The molecule has 0 bridgehead atoms. The maximum atomic E-state index is 14.8. The van der Waals surface area contributed by atoms with Crippen molar-refractivity contribution in [2.45, 2.75) is 50.6 Å². The third-order valence-corrected chi connectivity index (χ3v) is 6.19. The van der Waals surface area contributed by atoms with Gasteiger partial charge < -0.3 is 4.74 Å². The maximum Gasteiger partial charge on any atom is 0.248 e. The van der Waals surface area contributed by atoms with Gasteiger partial charge in [0.1, 0.15) is 11.6 Å². The Hall–Kier alpha value is -2.74. The van der Waals surface area contributed by atoms with E-state index in [1.165, 1.54) is 6.20 Å². The lowest BCUT2D eigenvalue weighted by Crippen LogP contribution is -2.25. The summed E-state index contributed by atoms with van der Waals surface area (Å²) in [6.07, 6.45) is 3.93. The van der Waals surface area contributed by atoms with Crippen molar-refractivity contribution in [2.24, 2.45) is 0 Å². The van der Waals surface area contributed by atoms with E-state index in [0.29, 0.717) is 36.6 Å². The van der Waals surface area contributed by atoms with Crippen LogP contribution in [0.15, 0.2) is 36.8 Å². The number of rotatable bonds is 3. The Balaban J connectivity index is 1.71. The number of imidazole rings is 1. The molecule has 3 aromatic rings. The number of alkyl halides is 2. The quantitative estimate of drug-likeness (QED) is 0.509. The minimum atomic E-state index is -2.68. The number of benzene rings is 1. The Morgan fingerprint density at radius 2 is 1.84 bits per heavy atom. The molecule has 162 valence electrons. The number of hydrogen-bond donors (Lipinski definition) is 0. The second kappa shape index (κ2) is 7.75. The van der Waals surface area contributed by atoms with Gasteiger partial charge in [0.05, 0.1) is 42.3 Å². The van der Waals surface area contributed by atoms with E-state index in [0.717, 1.165) is 29.6 Å². The molecule has 1 aliphatic carbocycles. The van der Waals surface area contributed by atoms with Crippen molar-refractivity contribution in [3.05, 3.63) is 65.5 Å². The zero-order chi connectivity index (χ0) is 21.6. The smallest absolute Gasteiger partial charge is 0.248 e. The summed E-state index contributed by atoms with van der Waals surface area (Å²) in [6, 6.07) is 4.93. The topological polar surface area (TPSA) is 39.9 Å². The van der Waals surface area contributed by atoms with Crippen LogP contribution in [0.3, 0.4) is 0 Å². The summed E-state index contributed by atoms with van der Waals surface area (Å²) < 4.78 is 63.8. The van der Waals surface area contributed by atoms with E-state index >= 15 is 0 Å². The van der Waals surface area contributed by atoms with Crippen LogP contribution in [0.2, 0.25) is 0 Å². The molecule has 5 rings (SSSR count). The van der Waals surface area contributed by atoms with Crippen LogP contribution >= 0.6 is 0 Å². The minimum absolute atomic E-state index is 0.0963. The van der Waals surface area contributed by atoms with Gasteiger partial charge in [-0.25, -0.2) is 22.5 Å². The lowest BCUT2D eigenvalue weighted by atomic mass is 9.83. The zero-order valence-electron chi connectivity index (χ0n) is 16.8. The molecule has 3 heterocycles. The molecular weight excluding hydrogens is 410 g/mol. The first kappa shape index (κ1) is 20.2. The summed E-state index contributed by atoms with van der Waals surface area (Å²) in [4.78, 5) is 9.03. The van der Waals surface area contributed by atoms with Gasteiger partial charge in [0.25, 0.3) is 0 Å². The summed E-state index contributed by atoms with van der Waals surface area (Å²) in [6.45, 7) is 0.893. The van der Waals surface area contributed by atoms with E-state index in [9.17, 15) is 17.6 Å². The molecule has 1 aliphatic heterocycles. The van der Waals surface area contributed by atoms with E-state index in [1.54, 1.807) is 12.4 Å². The van der Waals surface area contributed by atoms with Crippen molar-refractivity contribution in [1.29, 1.82) is 0 Å². The van der Waals surface area contributed by atoms with Crippen molar-refractivity contribution >= 4 is 0 Å². The summed E-state index contributed by atoms with van der Waals surface area (Å²) in [5.41, 5.74) is 3.40. The van der Waals surface area contributed by atoms with Gasteiger partial charge in [-0.1, -0.05) is 0 Å². The van der Waals surface area contributed by atoms with Crippen LogP contribution in [0.4, 0.5) is 17.6 Å². The molecule has 0 amide bonds. The molecule has 2 aromatic heterocycles. The SMILES string of the molecule is Fc1ccc(F)c(-c2ccnc(C3CCC(F)(F)CC3)c2-n2cnc3c2COCC3)c1. The molecule has 31 heavy (non-hydrogen) atoms. The Morgan fingerprint density at radius 3 is 2.65 bits per heavy atom. The van der Waals surface area contributed by atoms with E-state index in [4.69, 9.17) is 4.74 Å². The average Bonchev–Trinajstić information content (AvgIpc) is 3.19. The molecule has 0 N–H and O–H groups in total. The van der Waals surface area contributed by atoms with E-state index in [1.807, 2.05) is 4.57 Å². The average molecular weight is 431 g/mol.